The largest absolute Gasteiger partial charge is 0.491 e. The molecule has 33 heavy (non-hydrogen) atoms. The number of likely N-dealkylation sites (tertiary alicyclic amines) is 1. The maximum absolute atomic E-state index is 12.9. The van der Waals surface area contributed by atoms with Crippen LogP contribution in [0.25, 0.3) is 11.1 Å². The van der Waals surface area contributed by atoms with E-state index in [-0.39, 0.29) is 6.04 Å². The highest BCUT2D eigenvalue weighted by Gasteiger charge is 2.31. The van der Waals surface area contributed by atoms with Gasteiger partial charge >= 0.3 is 0 Å². The van der Waals surface area contributed by atoms with Crippen molar-refractivity contribution < 1.29 is 18.3 Å². The highest BCUT2D eigenvalue weighted by Crippen LogP contribution is 2.42. The number of benzene rings is 1. The molecular weight excluding hydrogens is 424 g/mol. The molecule has 7 heteroatoms. The average Bonchev–Trinajstić information content (AvgIpc) is 3.28. The predicted molar refractivity (Wildman–Crippen MR) is 124 cm³/mol. The van der Waals surface area contributed by atoms with Crippen LogP contribution in [0.2, 0.25) is 0 Å². The Morgan fingerprint density at radius 2 is 2.06 bits per heavy atom. The van der Waals surface area contributed by atoms with Crippen LogP contribution in [0.15, 0.2) is 60.6 Å². The number of fused-ring (bicyclic) bond motifs is 1. The monoisotopic (exact) mass is 453 g/mol. The summed E-state index contributed by atoms with van der Waals surface area (Å²) in [4.78, 5) is 8.88. The van der Waals surface area contributed by atoms with E-state index >= 15 is 0 Å². The Hall–Kier alpha value is -2.93. The lowest BCUT2D eigenvalue weighted by molar-refractivity contribution is 0.0820. The maximum Gasteiger partial charge on any atom is 0.272 e. The van der Waals surface area contributed by atoms with Gasteiger partial charge in [-0.05, 0) is 61.8 Å². The molecule has 1 aromatic heterocycles. The van der Waals surface area contributed by atoms with Crippen molar-refractivity contribution in [3.8, 4) is 22.6 Å². The Morgan fingerprint density at radius 3 is 2.82 bits per heavy atom. The average molecular weight is 454 g/mol. The Morgan fingerprint density at radius 1 is 1.21 bits per heavy atom. The molecule has 1 aromatic carbocycles. The molecule has 1 fully saturated rings. The van der Waals surface area contributed by atoms with Crippen molar-refractivity contribution in [2.24, 2.45) is 0 Å². The SMILES string of the molecule is CN1CCCC1C1=CN([C@@H]2COc3ccc(OCC(F)F)c(-c4ccncc4)c3C2)CC=C1. The van der Waals surface area contributed by atoms with Gasteiger partial charge in [-0.15, -0.1) is 0 Å². The van der Waals surface area contributed by atoms with Gasteiger partial charge in [0.15, 0.2) is 0 Å². The Balaban J connectivity index is 1.46. The van der Waals surface area contributed by atoms with E-state index in [9.17, 15) is 8.78 Å². The van der Waals surface area contributed by atoms with Crippen molar-refractivity contribution in [1.29, 1.82) is 0 Å². The minimum absolute atomic E-state index is 0.148. The standard InChI is InChI=1S/C26H29F2N3O2/c1-30-12-3-5-22(30)19-4-2-13-31(15-19)20-14-21-23(32-16-20)6-7-24(33-17-25(27)28)26(21)18-8-10-29-11-9-18/h2,4,6-11,15,20,22,25H,3,5,12-14,16-17H2,1H3/t20-,22?/m0/s1. The van der Waals surface area contributed by atoms with E-state index in [2.05, 4.69) is 40.2 Å². The first-order valence-corrected chi connectivity index (χ1v) is 11.5. The molecule has 4 heterocycles. The van der Waals surface area contributed by atoms with Crippen molar-refractivity contribution in [2.45, 2.75) is 37.8 Å². The van der Waals surface area contributed by atoms with Gasteiger partial charge in [0.25, 0.3) is 6.43 Å². The molecule has 174 valence electrons. The minimum Gasteiger partial charge on any atom is -0.491 e. The van der Waals surface area contributed by atoms with Crippen LogP contribution in [0.3, 0.4) is 0 Å². The lowest BCUT2D eigenvalue weighted by Gasteiger charge is -2.37. The van der Waals surface area contributed by atoms with Crippen LogP contribution in [-0.4, -0.2) is 66.6 Å². The first kappa shape index (κ1) is 21.9. The smallest absolute Gasteiger partial charge is 0.272 e. The lowest BCUT2D eigenvalue weighted by atomic mass is 9.91. The molecule has 0 aliphatic carbocycles. The summed E-state index contributed by atoms with van der Waals surface area (Å²) in [6.45, 7) is 1.90. The fourth-order valence-electron chi connectivity index (χ4n) is 5.13. The highest BCUT2D eigenvalue weighted by atomic mass is 19.3. The van der Waals surface area contributed by atoms with Gasteiger partial charge in [-0.3, -0.25) is 9.88 Å². The first-order chi connectivity index (χ1) is 16.1. The Kier molecular flexibility index (Phi) is 6.31. The molecule has 2 atom stereocenters. The molecule has 0 radical (unpaired) electrons. The molecular formula is C26H29F2N3O2. The third kappa shape index (κ3) is 4.60. The van der Waals surface area contributed by atoms with Gasteiger partial charge in [-0.25, -0.2) is 8.78 Å². The van der Waals surface area contributed by atoms with Crippen LogP contribution < -0.4 is 9.47 Å². The van der Waals surface area contributed by atoms with Crippen LogP contribution in [-0.2, 0) is 6.42 Å². The first-order valence-electron chi connectivity index (χ1n) is 11.5. The fourth-order valence-corrected chi connectivity index (χ4v) is 5.13. The predicted octanol–water partition coefficient (Wildman–Crippen LogP) is 4.55. The summed E-state index contributed by atoms with van der Waals surface area (Å²) in [5.41, 5.74) is 4.03. The number of pyridine rings is 1. The van der Waals surface area contributed by atoms with Crippen molar-refractivity contribution in [1.82, 2.24) is 14.8 Å². The van der Waals surface area contributed by atoms with Crippen LogP contribution >= 0.6 is 0 Å². The number of hydrogen-bond acceptors (Lipinski definition) is 5. The van der Waals surface area contributed by atoms with E-state index in [1.54, 1.807) is 18.5 Å². The van der Waals surface area contributed by atoms with Gasteiger partial charge < -0.3 is 14.4 Å². The second-order valence-corrected chi connectivity index (χ2v) is 8.89. The zero-order valence-corrected chi connectivity index (χ0v) is 18.8. The van der Waals surface area contributed by atoms with Crippen LogP contribution in [0, 0.1) is 0 Å². The molecule has 0 saturated carbocycles. The summed E-state index contributed by atoms with van der Waals surface area (Å²) >= 11 is 0. The van der Waals surface area contributed by atoms with E-state index in [0.717, 1.165) is 42.0 Å². The maximum atomic E-state index is 12.9. The van der Waals surface area contributed by atoms with E-state index in [1.807, 2.05) is 18.2 Å². The molecule has 0 amide bonds. The van der Waals surface area contributed by atoms with E-state index < -0.39 is 13.0 Å². The molecule has 0 bridgehead atoms. The van der Waals surface area contributed by atoms with Crippen LogP contribution in [0.5, 0.6) is 11.5 Å². The fraction of sp³-hybridized carbons (Fsp3) is 0.423. The minimum atomic E-state index is -2.53. The van der Waals surface area contributed by atoms with Gasteiger partial charge in [-0.1, -0.05) is 12.2 Å². The van der Waals surface area contributed by atoms with Crippen molar-refractivity contribution in [3.63, 3.8) is 0 Å². The number of halogens is 2. The van der Waals surface area contributed by atoms with Crippen LogP contribution in [0.1, 0.15) is 18.4 Å². The van der Waals surface area contributed by atoms with Gasteiger partial charge in [0.05, 0.1) is 6.04 Å². The van der Waals surface area contributed by atoms with E-state index in [0.29, 0.717) is 18.4 Å². The number of aromatic nitrogens is 1. The van der Waals surface area contributed by atoms with Crippen LogP contribution in [0.4, 0.5) is 8.78 Å². The van der Waals surface area contributed by atoms with Crippen molar-refractivity contribution in [2.75, 3.05) is 33.4 Å². The summed E-state index contributed by atoms with van der Waals surface area (Å²) in [5.74, 6) is 1.24. The molecule has 3 aliphatic heterocycles. The Labute approximate surface area is 193 Å². The molecule has 1 saturated heterocycles. The zero-order chi connectivity index (χ0) is 22.8. The number of ether oxygens (including phenoxy) is 2. The van der Waals surface area contributed by atoms with Crippen molar-refractivity contribution >= 4 is 0 Å². The third-order valence-corrected chi connectivity index (χ3v) is 6.75. The van der Waals surface area contributed by atoms with Gasteiger partial charge in [-0.2, -0.15) is 0 Å². The zero-order valence-electron chi connectivity index (χ0n) is 18.8. The van der Waals surface area contributed by atoms with Gasteiger partial charge in [0, 0.05) is 48.7 Å². The molecule has 5 nitrogen and oxygen atoms in total. The summed E-state index contributed by atoms with van der Waals surface area (Å²) in [6.07, 6.45) is 10.8. The topological polar surface area (TPSA) is 37.8 Å². The molecule has 3 aliphatic rings. The summed E-state index contributed by atoms with van der Waals surface area (Å²) in [5, 5.41) is 0. The molecule has 1 unspecified atom stereocenters. The van der Waals surface area contributed by atoms with Gasteiger partial charge in [0.1, 0.15) is 24.7 Å². The lowest BCUT2D eigenvalue weighted by Crippen LogP contribution is -2.42. The van der Waals surface area contributed by atoms with Gasteiger partial charge in [0.2, 0.25) is 0 Å². The van der Waals surface area contributed by atoms with Crippen molar-refractivity contribution in [3.05, 3.63) is 66.1 Å². The normalized spacial score (nSPS) is 22.8. The number of hydrogen-bond donors (Lipinski definition) is 0. The highest BCUT2D eigenvalue weighted by molar-refractivity contribution is 5.76. The number of nitrogens with zero attached hydrogens (tertiary/aromatic N) is 3. The summed E-state index contributed by atoms with van der Waals surface area (Å²) in [7, 11) is 2.19. The summed E-state index contributed by atoms with van der Waals surface area (Å²) < 4.78 is 37.5. The van der Waals surface area contributed by atoms with E-state index in [4.69, 9.17) is 9.47 Å². The van der Waals surface area contributed by atoms with E-state index in [1.165, 1.54) is 18.4 Å². The number of rotatable bonds is 6. The molecule has 5 rings (SSSR count). The third-order valence-electron chi connectivity index (χ3n) is 6.75. The molecule has 0 spiro atoms. The molecule has 2 aromatic rings. The quantitative estimate of drug-likeness (QED) is 0.642. The summed E-state index contributed by atoms with van der Waals surface area (Å²) in [6, 6.07) is 7.94. The second kappa shape index (κ2) is 9.51. The second-order valence-electron chi connectivity index (χ2n) is 8.89. The number of alkyl halides is 2. The number of likely N-dealkylation sites (N-methyl/N-ethyl adjacent to an activating group) is 1. The Bertz CT molecular complexity index is 1040. The molecule has 0 N–H and O–H groups in total.